The molecule has 4 heterocycles. The first kappa shape index (κ1) is 20.3. The summed E-state index contributed by atoms with van der Waals surface area (Å²) in [5, 5.41) is 21.5. The van der Waals surface area contributed by atoms with Crippen molar-refractivity contribution in [3.05, 3.63) is 35.7 Å². The highest BCUT2D eigenvalue weighted by Crippen LogP contribution is 2.62. The number of benzene rings is 1. The molecule has 3 saturated carbocycles. The van der Waals surface area contributed by atoms with Crippen LogP contribution in [-0.2, 0) is 10.3 Å². The highest BCUT2D eigenvalue weighted by Gasteiger charge is 2.58. The Bertz CT molecular complexity index is 1210. The van der Waals surface area contributed by atoms with Gasteiger partial charge in [0.1, 0.15) is 5.69 Å². The number of piperazine rings is 1. The highest BCUT2D eigenvalue weighted by atomic mass is 35.5. The van der Waals surface area contributed by atoms with Crippen LogP contribution in [0.15, 0.2) is 30.7 Å². The molecular formula is C24H29ClN6O2. The molecule has 8 rings (SSSR count). The van der Waals surface area contributed by atoms with E-state index in [2.05, 4.69) is 43.9 Å². The molecule has 2 aliphatic heterocycles. The molecule has 8 nitrogen and oxygen atoms in total. The molecule has 1 aromatic carbocycles. The van der Waals surface area contributed by atoms with Crippen LogP contribution in [0.25, 0.3) is 16.6 Å². The zero-order chi connectivity index (χ0) is 22.4. The number of fused-ring (bicyclic) bond motifs is 1. The van der Waals surface area contributed by atoms with Crippen LogP contribution < -0.4 is 4.90 Å². The summed E-state index contributed by atoms with van der Waals surface area (Å²) in [7, 11) is 0. The lowest BCUT2D eigenvalue weighted by Crippen LogP contribution is -2.60. The number of anilines is 1. The van der Waals surface area contributed by atoms with Crippen molar-refractivity contribution in [2.24, 2.45) is 5.92 Å². The fraction of sp³-hybridized carbons (Fsp3) is 0.583. The Labute approximate surface area is 197 Å². The summed E-state index contributed by atoms with van der Waals surface area (Å²) < 4.78 is 9.68. The first-order valence-electron chi connectivity index (χ1n) is 11.9. The number of aliphatic hydroxyl groups is 1. The number of hydrogen-bond acceptors (Lipinski definition) is 6. The Kier molecular flexibility index (Phi) is 4.26. The van der Waals surface area contributed by atoms with Crippen LogP contribution in [0.2, 0.25) is 5.02 Å². The van der Waals surface area contributed by atoms with Gasteiger partial charge in [-0.05, 0) is 44.2 Å². The van der Waals surface area contributed by atoms with Gasteiger partial charge in [0.05, 0.1) is 65.2 Å². The maximum atomic E-state index is 10.4. The van der Waals surface area contributed by atoms with Crippen molar-refractivity contribution in [3.8, 4) is 5.69 Å². The third-order valence-electron chi connectivity index (χ3n) is 8.67. The van der Waals surface area contributed by atoms with Gasteiger partial charge in [0.2, 0.25) is 0 Å². The van der Waals surface area contributed by atoms with Gasteiger partial charge in [0, 0.05) is 31.6 Å². The van der Waals surface area contributed by atoms with Gasteiger partial charge in [-0.2, -0.15) is 10.2 Å². The predicted octanol–water partition coefficient (Wildman–Crippen LogP) is 2.66. The van der Waals surface area contributed by atoms with Gasteiger partial charge >= 0.3 is 0 Å². The van der Waals surface area contributed by atoms with Crippen LogP contribution >= 0.6 is 11.6 Å². The molecule has 5 fully saturated rings. The van der Waals surface area contributed by atoms with Gasteiger partial charge < -0.3 is 14.7 Å². The van der Waals surface area contributed by atoms with Crippen LogP contribution in [-0.4, -0.2) is 80.6 Å². The van der Waals surface area contributed by atoms with Gasteiger partial charge in [-0.15, -0.1) is 0 Å². The lowest BCUT2D eigenvalue weighted by molar-refractivity contribution is -0.0977. The monoisotopic (exact) mass is 468 g/mol. The maximum absolute atomic E-state index is 10.4. The van der Waals surface area contributed by atoms with E-state index in [-0.39, 0.29) is 11.1 Å². The van der Waals surface area contributed by atoms with Crippen LogP contribution in [0.3, 0.4) is 0 Å². The third-order valence-corrected chi connectivity index (χ3v) is 8.98. The van der Waals surface area contributed by atoms with Gasteiger partial charge in [-0.25, -0.2) is 4.68 Å². The second-order valence-electron chi connectivity index (χ2n) is 10.6. The molecule has 3 aromatic rings. The quantitative estimate of drug-likeness (QED) is 0.634. The van der Waals surface area contributed by atoms with E-state index in [9.17, 15) is 5.11 Å². The van der Waals surface area contributed by atoms with Crippen LogP contribution in [0.1, 0.15) is 26.2 Å². The van der Waals surface area contributed by atoms with E-state index in [1.807, 2.05) is 23.1 Å². The topological polar surface area (TPSA) is 71.6 Å². The molecule has 0 radical (unpaired) electrons. The van der Waals surface area contributed by atoms with E-state index in [4.69, 9.17) is 16.3 Å². The van der Waals surface area contributed by atoms with E-state index < -0.39 is 6.10 Å². The Morgan fingerprint density at radius 3 is 2.55 bits per heavy atom. The molecule has 5 aliphatic rings. The van der Waals surface area contributed by atoms with Crippen molar-refractivity contribution in [3.63, 3.8) is 0 Å². The van der Waals surface area contributed by atoms with E-state index in [1.165, 1.54) is 19.3 Å². The van der Waals surface area contributed by atoms with Crippen LogP contribution in [0.4, 0.5) is 5.69 Å². The van der Waals surface area contributed by atoms with E-state index >= 15 is 0 Å². The number of rotatable bonds is 4. The standard InChI is InChI=1S/C24H29ClN6O2/c1-23(15-33-14-22(23)32)29-4-2-28(3-5-29)21-7-20-17(6-19(21)25)11-27-31(20)18-12-26-30(13-18)24-8-16(9-24)10-24/h6-7,11-13,16,22,32H,2-5,8-10,14-15H2,1H3/t16?,22-,23+,24?/m0/s1. The summed E-state index contributed by atoms with van der Waals surface area (Å²) >= 11 is 6.73. The predicted molar refractivity (Wildman–Crippen MR) is 126 cm³/mol. The highest BCUT2D eigenvalue weighted by molar-refractivity contribution is 6.34. The van der Waals surface area contributed by atoms with E-state index in [1.54, 1.807) is 0 Å². The summed E-state index contributed by atoms with van der Waals surface area (Å²) in [5.74, 6) is 0.917. The largest absolute Gasteiger partial charge is 0.389 e. The Hall–Kier alpha value is -2.13. The molecule has 9 heteroatoms. The number of nitrogens with zero attached hydrogens (tertiary/aromatic N) is 6. The Balaban J connectivity index is 1.16. The first-order chi connectivity index (χ1) is 16.0. The Morgan fingerprint density at radius 2 is 1.88 bits per heavy atom. The molecule has 3 aliphatic carbocycles. The van der Waals surface area contributed by atoms with Gasteiger partial charge in [-0.3, -0.25) is 9.58 Å². The van der Waals surface area contributed by atoms with Crippen molar-refractivity contribution in [2.75, 3.05) is 44.3 Å². The first-order valence-corrected chi connectivity index (χ1v) is 12.3. The van der Waals surface area contributed by atoms with E-state index in [0.717, 1.165) is 59.4 Å². The minimum Gasteiger partial charge on any atom is -0.389 e. The summed E-state index contributed by atoms with van der Waals surface area (Å²) in [5.41, 5.74) is 3.04. The van der Waals surface area contributed by atoms with E-state index in [0.29, 0.717) is 13.2 Å². The fourth-order valence-corrected chi connectivity index (χ4v) is 6.58. The number of aliphatic hydroxyl groups excluding tert-OH is 1. The fourth-order valence-electron chi connectivity index (χ4n) is 6.29. The summed E-state index contributed by atoms with van der Waals surface area (Å²) in [4.78, 5) is 4.70. The van der Waals surface area contributed by atoms with Crippen molar-refractivity contribution >= 4 is 28.2 Å². The smallest absolute Gasteiger partial charge is 0.103 e. The number of halogens is 1. The van der Waals surface area contributed by atoms with Crippen LogP contribution in [0, 0.1) is 5.92 Å². The molecule has 2 aromatic heterocycles. The molecule has 174 valence electrons. The van der Waals surface area contributed by atoms with Crippen LogP contribution in [0.5, 0.6) is 0 Å². The summed E-state index contributed by atoms with van der Waals surface area (Å²) in [6, 6.07) is 4.18. The molecule has 0 spiro atoms. The van der Waals surface area contributed by atoms with Gasteiger partial charge in [0.15, 0.2) is 0 Å². The molecule has 0 unspecified atom stereocenters. The molecular weight excluding hydrogens is 440 g/mol. The van der Waals surface area contributed by atoms with Crippen molar-refractivity contribution in [1.29, 1.82) is 0 Å². The molecule has 1 N–H and O–H groups in total. The normalized spacial score (nSPS) is 34.0. The minimum atomic E-state index is -0.440. The molecule has 0 amide bonds. The Morgan fingerprint density at radius 1 is 1.09 bits per heavy atom. The number of aromatic nitrogens is 4. The van der Waals surface area contributed by atoms with Crippen molar-refractivity contribution < 1.29 is 9.84 Å². The molecule has 2 atom stereocenters. The second kappa shape index (κ2) is 6.95. The number of hydrogen-bond donors (Lipinski definition) is 1. The van der Waals surface area contributed by atoms with Crippen molar-refractivity contribution in [1.82, 2.24) is 24.5 Å². The second-order valence-corrected chi connectivity index (χ2v) is 11.0. The van der Waals surface area contributed by atoms with Gasteiger partial charge in [0.25, 0.3) is 0 Å². The van der Waals surface area contributed by atoms with Crippen molar-refractivity contribution in [2.45, 2.75) is 43.4 Å². The lowest BCUT2D eigenvalue weighted by atomic mass is 9.50. The third kappa shape index (κ3) is 2.87. The zero-order valence-electron chi connectivity index (χ0n) is 18.8. The number of ether oxygens (including phenoxy) is 1. The summed E-state index contributed by atoms with van der Waals surface area (Å²) in [6.45, 7) is 6.52. The van der Waals surface area contributed by atoms with Gasteiger partial charge in [-0.1, -0.05) is 11.6 Å². The molecule has 33 heavy (non-hydrogen) atoms. The molecule has 2 saturated heterocycles. The average molecular weight is 469 g/mol. The lowest BCUT2D eigenvalue weighted by Gasteiger charge is -2.61. The SMILES string of the molecule is C[C@@]1(N2CCN(c3cc4c(cnn4-c4cnn(C56CC(C5)C6)c4)cc3Cl)CC2)COC[C@@H]1O. The molecule has 2 bridgehead atoms. The zero-order valence-corrected chi connectivity index (χ0v) is 19.6. The minimum absolute atomic E-state index is 0.272. The summed E-state index contributed by atoms with van der Waals surface area (Å²) in [6.07, 6.45) is 9.31. The maximum Gasteiger partial charge on any atom is 0.103 e. The average Bonchev–Trinajstić information content (AvgIpc) is 3.45.